The van der Waals surface area contributed by atoms with Crippen molar-refractivity contribution in [2.45, 2.75) is 19.3 Å². The van der Waals surface area contributed by atoms with Crippen LogP contribution in [0.5, 0.6) is 0 Å². The molecule has 1 aliphatic rings. The van der Waals surface area contributed by atoms with Crippen molar-refractivity contribution < 1.29 is 4.79 Å². The lowest BCUT2D eigenvalue weighted by Gasteiger charge is -2.26. The van der Waals surface area contributed by atoms with Gasteiger partial charge in [0.25, 0.3) is 5.91 Å². The summed E-state index contributed by atoms with van der Waals surface area (Å²) in [6.45, 7) is 3.67. The number of benzene rings is 1. The maximum absolute atomic E-state index is 13.0. The van der Waals surface area contributed by atoms with Crippen LogP contribution >= 0.6 is 23.2 Å². The van der Waals surface area contributed by atoms with Crippen molar-refractivity contribution >= 4 is 29.1 Å². The molecule has 0 spiro atoms. The number of likely N-dealkylation sites (tertiary alicyclic amines) is 1. The highest BCUT2D eigenvalue weighted by Crippen LogP contribution is 2.27. The highest BCUT2D eigenvalue weighted by Gasteiger charge is 2.19. The average molecular weight is 446 g/mol. The monoisotopic (exact) mass is 445 g/mol. The second-order valence-corrected chi connectivity index (χ2v) is 8.40. The number of nitrogens with one attached hydrogen (secondary N) is 1. The van der Waals surface area contributed by atoms with Gasteiger partial charge in [0.1, 0.15) is 11.4 Å². The zero-order valence-electron chi connectivity index (χ0n) is 16.9. The van der Waals surface area contributed by atoms with Gasteiger partial charge in [0, 0.05) is 26.3 Å². The van der Waals surface area contributed by atoms with Crippen LogP contribution < -0.4 is 5.32 Å². The molecule has 0 radical (unpaired) electrons. The van der Waals surface area contributed by atoms with Crippen molar-refractivity contribution in [3.63, 3.8) is 0 Å². The Morgan fingerprint density at radius 1 is 1.10 bits per heavy atom. The fraction of sp³-hybridized carbons (Fsp3) is 0.364. The molecule has 0 aliphatic carbocycles. The zero-order chi connectivity index (χ0) is 21.1. The van der Waals surface area contributed by atoms with Crippen LogP contribution in [0.25, 0.3) is 17.1 Å². The summed E-state index contributed by atoms with van der Waals surface area (Å²) in [5.41, 5.74) is 2.79. The van der Waals surface area contributed by atoms with Crippen molar-refractivity contribution in [2.24, 2.45) is 7.05 Å². The summed E-state index contributed by atoms with van der Waals surface area (Å²) < 4.78 is 3.60. The minimum absolute atomic E-state index is 0.161. The quantitative estimate of drug-likeness (QED) is 0.611. The summed E-state index contributed by atoms with van der Waals surface area (Å²) in [6.07, 6.45) is 5.72. The van der Waals surface area contributed by atoms with Crippen molar-refractivity contribution in [2.75, 3.05) is 26.2 Å². The Bertz CT molecular complexity index is 1040. The van der Waals surface area contributed by atoms with Crippen LogP contribution in [0, 0.1) is 0 Å². The highest BCUT2D eigenvalue weighted by atomic mass is 35.5. The molecule has 2 aromatic heterocycles. The Labute approximate surface area is 186 Å². The van der Waals surface area contributed by atoms with Gasteiger partial charge in [-0.1, -0.05) is 29.6 Å². The van der Waals surface area contributed by atoms with Crippen LogP contribution in [-0.2, 0) is 7.05 Å². The molecular weight excluding hydrogens is 421 g/mol. The number of hydrogen-bond donors (Lipinski definition) is 1. The fourth-order valence-electron chi connectivity index (χ4n) is 3.81. The molecule has 1 saturated heterocycles. The molecule has 4 rings (SSSR count). The van der Waals surface area contributed by atoms with Crippen LogP contribution in [0.4, 0.5) is 0 Å². The average Bonchev–Trinajstić information content (AvgIpc) is 3.37. The van der Waals surface area contributed by atoms with Gasteiger partial charge in [0.15, 0.2) is 0 Å². The molecule has 0 unspecified atom stereocenters. The second kappa shape index (κ2) is 9.25. The van der Waals surface area contributed by atoms with Gasteiger partial charge < -0.3 is 14.8 Å². The van der Waals surface area contributed by atoms with E-state index in [9.17, 15) is 4.79 Å². The molecule has 0 bridgehead atoms. The largest absolute Gasteiger partial charge is 0.349 e. The molecule has 30 heavy (non-hydrogen) atoms. The molecule has 0 saturated carbocycles. The fourth-order valence-corrected chi connectivity index (χ4v) is 4.10. The lowest BCUT2D eigenvalue weighted by Crippen LogP contribution is -2.38. The summed E-state index contributed by atoms with van der Waals surface area (Å²) in [5.74, 6) is -0.161. The number of rotatable bonds is 6. The van der Waals surface area contributed by atoms with Crippen molar-refractivity contribution in [3.8, 4) is 17.1 Å². The van der Waals surface area contributed by atoms with E-state index in [4.69, 9.17) is 28.3 Å². The molecule has 3 heterocycles. The molecule has 1 amide bonds. The van der Waals surface area contributed by atoms with Gasteiger partial charge in [0.2, 0.25) is 0 Å². The van der Waals surface area contributed by atoms with Crippen LogP contribution in [0.3, 0.4) is 0 Å². The van der Waals surface area contributed by atoms with E-state index in [1.165, 1.54) is 19.3 Å². The number of piperidine rings is 1. The number of aryl methyl sites for hydroxylation is 1. The minimum atomic E-state index is -0.161. The van der Waals surface area contributed by atoms with E-state index >= 15 is 0 Å². The van der Waals surface area contributed by atoms with E-state index in [-0.39, 0.29) is 5.91 Å². The minimum Gasteiger partial charge on any atom is -0.349 e. The topological polar surface area (TPSA) is 55.1 Å². The number of halogens is 2. The highest BCUT2D eigenvalue weighted by molar-refractivity contribution is 6.42. The molecule has 3 aromatic rings. The third-order valence-corrected chi connectivity index (χ3v) is 6.20. The third-order valence-electron chi connectivity index (χ3n) is 5.46. The number of carbonyl (C=O) groups is 1. The van der Waals surface area contributed by atoms with Gasteiger partial charge in [0.05, 0.1) is 21.4 Å². The Hall–Kier alpha value is -2.28. The molecular formula is C22H25Cl2N5O. The lowest BCUT2D eigenvalue weighted by molar-refractivity contribution is 0.0939. The predicted octanol–water partition coefficient (Wildman–Crippen LogP) is 4.40. The van der Waals surface area contributed by atoms with E-state index < -0.39 is 0 Å². The third kappa shape index (κ3) is 4.56. The zero-order valence-corrected chi connectivity index (χ0v) is 18.5. The number of carbonyl (C=O) groups excluding carboxylic acids is 1. The summed E-state index contributed by atoms with van der Waals surface area (Å²) in [5, 5.41) is 8.62. The molecule has 1 aromatic carbocycles. The van der Waals surface area contributed by atoms with Gasteiger partial charge in [-0.3, -0.25) is 4.79 Å². The first-order valence-electron chi connectivity index (χ1n) is 10.2. The molecule has 8 heteroatoms. The Balaban J connectivity index is 1.59. The molecule has 1 N–H and O–H groups in total. The van der Waals surface area contributed by atoms with Crippen molar-refractivity contribution in [1.82, 2.24) is 24.6 Å². The Morgan fingerprint density at radius 2 is 1.90 bits per heavy atom. The van der Waals surface area contributed by atoms with Crippen molar-refractivity contribution in [1.29, 1.82) is 0 Å². The predicted molar refractivity (Wildman–Crippen MR) is 121 cm³/mol. The van der Waals surface area contributed by atoms with E-state index in [2.05, 4.69) is 10.2 Å². The van der Waals surface area contributed by atoms with Crippen LogP contribution in [0.1, 0.15) is 29.8 Å². The van der Waals surface area contributed by atoms with Gasteiger partial charge in [-0.2, -0.15) is 5.10 Å². The number of aromatic nitrogens is 3. The first kappa shape index (κ1) is 21.0. The maximum Gasteiger partial charge on any atom is 0.270 e. The van der Waals surface area contributed by atoms with E-state index in [1.807, 2.05) is 36.0 Å². The van der Waals surface area contributed by atoms with E-state index in [0.717, 1.165) is 31.0 Å². The lowest BCUT2D eigenvalue weighted by atomic mass is 10.1. The molecule has 1 aliphatic heterocycles. The normalized spacial score (nSPS) is 14.8. The van der Waals surface area contributed by atoms with Crippen molar-refractivity contribution in [3.05, 3.63) is 58.3 Å². The van der Waals surface area contributed by atoms with Crippen LogP contribution in [-0.4, -0.2) is 51.3 Å². The Morgan fingerprint density at radius 3 is 2.60 bits per heavy atom. The van der Waals surface area contributed by atoms with E-state index in [0.29, 0.717) is 28.0 Å². The maximum atomic E-state index is 13.0. The molecule has 0 atom stereocenters. The summed E-state index contributed by atoms with van der Waals surface area (Å²) >= 11 is 12.3. The summed E-state index contributed by atoms with van der Waals surface area (Å²) in [6, 6.07) is 11.0. The van der Waals surface area contributed by atoms with Gasteiger partial charge in [-0.05, 0) is 62.3 Å². The van der Waals surface area contributed by atoms with E-state index in [1.54, 1.807) is 22.9 Å². The standard InChI is InChI=1S/C22H25Cl2N5O/c1-27-10-5-6-20(27)19-15-21(22(30)25-9-13-28-11-3-2-4-12-28)29(26-19)16-7-8-17(23)18(24)14-16/h5-8,10,14-15H,2-4,9,11-13H2,1H3,(H,25,30). The number of nitrogens with zero attached hydrogens (tertiary/aromatic N) is 4. The first-order chi connectivity index (χ1) is 14.5. The second-order valence-electron chi connectivity index (χ2n) is 7.59. The first-order valence-corrected chi connectivity index (χ1v) is 11.0. The van der Waals surface area contributed by atoms with Gasteiger partial charge >= 0.3 is 0 Å². The molecule has 6 nitrogen and oxygen atoms in total. The molecule has 158 valence electrons. The molecule has 1 fully saturated rings. The summed E-state index contributed by atoms with van der Waals surface area (Å²) in [7, 11) is 1.95. The Kier molecular flexibility index (Phi) is 6.46. The van der Waals surface area contributed by atoms with Crippen LogP contribution in [0.15, 0.2) is 42.6 Å². The van der Waals surface area contributed by atoms with Gasteiger partial charge in [-0.15, -0.1) is 0 Å². The van der Waals surface area contributed by atoms with Gasteiger partial charge in [-0.25, -0.2) is 4.68 Å². The number of amides is 1. The summed E-state index contributed by atoms with van der Waals surface area (Å²) in [4.78, 5) is 15.4. The van der Waals surface area contributed by atoms with Crippen LogP contribution in [0.2, 0.25) is 10.0 Å². The smallest absolute Gasteiger partial charge is 0.270 e. The number of hydrogen-bond acceptors (Lipinski definition) is 3. The SMILES string of the molecule is Cn1cccc1-c1cc(C(=O)NCCN2CCCCC2)n(-c2ccc(Cl)c(Cl)c2)n1.